The van der Waals surface area contributed by atoms with Crippen LogP contribution in [0.1, 0.15) is 31.8 Å². The van der Waals surface area contributed by atoms with Crippen molar-refractivity contribution in [1.29, 1.82) is 0 Å². The van der Waals surface area contributed by atoms with Crippen LogP contribution in [0.2, 0.25) is 0 Å². The van der Waals surface area contributed by atoms with Crippen molar-refractivity contribution in [2.45, 2.75) is 18.2 Å². The monoisotopic (exact) mass is 513 g/mol. The molecule has 188 valence electrons. The van der Waals surface area contributed by atoms with Crippen molar-refractivity contribution in [3.63, 3.8) is 0 Å². The van der Waals surface area contributed by atoms with E-state index in [2.05, 4.69) is 15.4 Å². The topological polar surface area (TPSA) is 104 Å². The predicted octanol–water partition coefficient (Wildman–Crippen LogP) is 5.02. The molecule has 37 heavy (non-hydrogen) atoms. The Hall–Kier alpha value is -4.43. The van der Waals surface area contributed by atoms with Crippen molar-refractivity contribution in [2.24, 2.45) is 0 Å². The van der Waals surface area contributed by atoms with Gasteiger partial charge in [0.1, 0.15) is 0 Å². The standard InChI is InChI=1S/C29H27N3O4S/c1-21-14-16-25(17-15-21)37(35,36)32-24-11-7-10-23(20-24)28(33)31-27-13-6-5-12-26(27)29(34)30-19-18-22-8-3-2-4-9-22/h2-17,20,32H,18-19H2,1H3,(H,30,34)(H,31,33). The molecule has 0 radical (unpaired) electrons. The van der Waals surface area contributed by atoms with E-state index in [1.807, 2.05) is 37.3 Å². The van der Waals surface area contributed by atoms with Gasteiger partial charge in [0.15, 0.2) is 0 Å². The van der Waals surface area contributed by atoms with E-state index < -0.39 is 15.9 Å². The van der Waals surface area contributed by atoms with Gasteiger partial charge in [-0.15, -0.1) is 0 Å². The second kappa shape index (κ2) is 11.5. The van der Waals surface area contributed by atoms with Crippen LogP contribution in [-0.2, 0) is 16.4 Å². The van der Waals surface area contributed by atoms with E-state index in [9.17, 15) is 18.0 Å². The fourth-order valence-corrected chi connectivity index (χ4v) is 4.75. The van der Waals surface area contributed by atoms with Crippen LogP contribution in [0.3, 0.4) is 0 Å². The zero-order chi connectivity index (χ0) is 26.3. The number of sulfonamides is 1. The number of nitrogens with one attached hydrogen (secondary N) is 3. The summed E-state index contributed by atoms with van der Waals surface area (Å²) in [5.41, 5.74) is 3.24. The van der Waals surface area contributed by atoms with Crippen LogP contribution >= 0.6 is 0 Å². The van der Waals surface area contributed by atoms with Gasteiger partial charge in [0.25, 0.3) is 21.8 Å². The Morgan fingerprint density at radius 2 is 1.46 bits per heavy atom. The molecule has 2 amide bonds. The minimum atomic E-state index is -3.81. The predicted molar refractivity (Wildman–Crippen MR) is 145 cm³/mol. The summed E-state index contributed by atoms with van der Waals surface area (Å²) in [4.78, 5) is 25.9. The van der Waals surface area contributed by atoms with Crippen molar-refractivity contribution in [3.05, 3.63) is 125 Å². The summed E-state index contributed by atoms with van der Waals surface area (Å²) < 4.78 is 28.0. The first-order valence-corrected chi connectivity index (χ1v) is 13.2. The molecule has 0 unspecified atom stereocenters. The summed E-state index contributed by atoms with van der Waals surface area (Å²) in [7, 11) is -3.81. The van der Waals surface area contributed by atoms with E-state index in [1.54, 1.807) is 54.6 Å². The largest absolute Gasteiger partial charge is 0.352 e. The molecule has 4 rings (SSSR count). The molecule has 0 fully saturated rings. The smallest absolute Gasteiger partial charge is 0.261 e. The molecule has 0 saturated heterocycles. The Balaban J connectivity index is 1.43. The Morgan fingerprint density at radius 1 is 0.757 bits per heavy atom. The lowest BCUT2D eigenvalue weighted by Gasteiger charge is -2.13. The molecule has 4 aromatic rings. The van der Waals surface area contributed by atoms with Gasteiger partial charge in [-0.1, -0.05) is 66.2 Å². The molecule has 0 aliphatic carbocycles. The first-order chi connectivity index (χ1) is 17.8. The fraction of sp³-hybridized carbons (Fsp3) is 0.103. The van der Waals surface area contributed by atoms with Gasteiger partial charge in [-0.3, -0.25) is 14.3 Å². The number of para-hydroxylation sites is 1. The summed E-state index contributed by atoms with van der Waals surface area (Å²) >= 11 is 0. The second-order valence-corrected chi connectivity index (χ2v) is 10.2. The molecule has 0 atom stereocenters. The average Bonchev–Trinajstić information content (AvgIpc) is 2.89. The van der Waals surface area contributed by atoms with Crippen LogP contribution < -0.4 is 15.4 Å². The third kappa shape index (κ3) is 6.83. The maximum absolute atomic E-state index is 13.0. The lowest BCUT2D eigenvalue weighted by atomic mass is 10.1. The van der Waals surface area contributed by atoms with Gasteiger partial charge in [0, 0.05) is 17.8 Å². The average molecular weight is 514 g/mol. The number of amides is 2. The third-order valence-electron chi connectivity index (χ3n) is 5.67. The third-order valence-corrected chi connectivity index (χ3v) is 7.07. The van der Waals surface area contributed by atoms with Gasteiger partial charge < -0.3 is 10.6 Å². The Kier molecular flexibility index (Phi) is 8.00. The second-order valence-electron chi connectivity index (χ2n) is 8.49. The summed E-state index contributed by atoms with van der Waals surface area (Å²) in [5.74, 6) is -0.771. The molecule has 0 heterocycles. The van der Waals surface area contributed by atoms with Crippen LogP contribution in [-0.4, -0.2) is 26.8 Å². The molecule has 7 nitrogen and oxygen atoms in total. The quantitative estimate of drug-likeness (QED) is 0.292. The van der Waals surface area contributed by atoms with Crippen LogP contribution in [0.5, 0.6) is 0 Å². The van der Waals surface area contributed by atoms with Crippen molar-refractivity contribution in [2.75, 3.05) is 16.6 Å². The van der Waals surface area contributed by atoms with Crippen molar-refractivity contribution in [1.82, 2.24) is 5.32 Å². The highest BCUT2D eigenvalue weighted by molar-refractivity contribution is 7.92. The van der Waals surface area contributed by atoms with E-state index in [0.717, 1.165) is 11.1 Å². The molecule has 4 aromatic carbocycles. The van der Waals surface area contributed by atoms with Crippen LogP contribution in [0, 0.1) is 6.92 Å². The Labute approximate surface area is 216 Å². The van der Waals surface area contributed by atoms with Crippen molar-refractivity contribution >= 4 is 33.2 Å². The molecule has 3 N–H and O–H groups in total. The van der Waals surface area contributed by atoms with Gasteiger partial charge >= 0.3 is 0 Å². The molecule has 0 spiro atoms. The van der Waals surface area contributed by atoms with Crippen molar-refractivity contribution in [3.8, 4) is 0 Å². The molecule has 0 aromatic heterocycles. The Morgan fingerprint density at radius 3 is 2.22 bits per heavy atom. The molecule has 0 aliphatic heterocycles. The normalized spacial score (nSPS) is 10.9. The Bertz CT molecular complexity index is 1500. The summed E-state index contributed by atoms with van der Waals surface area (Å²) in [6, 6.07) is 29.2. The van der Waals surface area contributed by atoms with Gasteiger partial charge in [-0.2, -0.15) is 0 Å². The number of carbonyl (C=O) groups excluding carboxylic acids is 2. The molecular weight excluding hydrogens is 486 g/mol. The van der Waals surface area contributed by atoms with E-state index in [-0.39, 0.29) is 22.1 Å². The number of rotatable bonds is 9. The summed E-state index contributed by atoms with van der Waals surface area (Å²) in [5, 5.41) is 5.65. The highest BCUT2D eigenvalue weighted by Crippen LogP contribution is 2.20. The van der Waals surface area contributed by atoms with Gasteiger partial charge in [-0.25, -0.2) is 8.42 Å². The van der Waals surface area contributed by atoms with Crippen LogP contribution in [0.4, 0.5) is 11.4 Å². The molecule has 0 saturated carbocycles. The minimum absolute atomic E-state index is 0.125. The SMILES string of the molecule is Cc1ccc(S(=O)(=O)Nc2cccc(C(=O)Nc3ccccc3C(=O)NCCc3ccccc3)c2)cc1. The summed E-state index contributed by atoms with van der Waals surface area (Å²) in [6.45, 7) is 2.33. The van der Waals surface area contributed by atoms with Crippen LogP contribution in [0.15, 0.2) is 108 Å². The van der Waals surface area contributed by atoms with E-state index in [1.165, 1.54) is 18.2 Å². The zero-order valence-electron chi connectivity index (χ0n) is 20.3. The number of anilines is 2. The van der Waals surface area contributed by atoms with Gasteiger partial charge in [0.05, 0.1) is 16.1 Å². The number of carbonyl (C=O) groups is 2. The summed E-state index contributed by atoms with van der Waals surface area (Å²) in [6.07, 6.45) is 0.687. The lowest BCUT2D eigenvalue weighted by molar-refractivity contribution is 0.0955. The van der Waals surface area contributed by atoms with Crippen molar-refractivity contribution < 1.29 is 18.0 Å². The first-order valence-electron chi connectivity index (χ1n) is 11.7. The van der Waals surface area contributed by atoms with Crippen LogP contribution in [0.25, 0.3) is 0 Å². The highest BCUT2D eigenvalue weighted by atomic mass is 32.2. The minimum Gasteiger partial charge on any atom is -0.352 e. The number of benzene rings is 4. The zero-order valence-corrected chi connectivity index (χ0v) is 21.1. The highest BCUT2D eigenvalue weighted by Gasteiger charge is 2.17. The maximum Gasteiger partial charge on any atom is 0.261 e. The fourth-order valence-electron chi connectivity index (χ4n) is 3.70. The molecular formula is C29H27N3O4S. The molecule has 8 heteroatoms. The lowest BCUT2D eigenvalue weighted by Crippen LogP contribution is -2.27. The molecule has 0 bridgehead atoms. The van der Waals surface area contributed by atoms with E-state index in [0.29, 0.717) is 24.2 Å². The first kappa shape index (κ1) is 25.7. The number of hydrogen-bond acceptors (Lipinski definition) is 4. The van der Waals surface area contributed by atoms with Gasteiger partial charge in [-0.05, 0) is 61.4 Å². The number of aryl methyl sites for hydroxylation is 1. The maximum atomic E-state index is 13.0. The van der Waals surface area contributed by atoms with E-state index >= 15 is 0 Å². The van der Waals surface area contributed by atoms with Gasteiger partial charge in [0.2, 0.25) is 0 Å². The molecule has 0 aliphatic rings. The number of hydrogen-bond donors (Lipinski definition) is 3. The van der Waals surface area contributed by atoms with E-state index in [4.69, 9.17) is 0 Å².